The van der Waals surface area contributed by atoms with E-state index < -0.39 is 0 Å². The van der Waals surface area contributed by atoms with Gasteiger partial charge in [0.25, 0.3) is 0 Å². The molecule has 3 rings (SSSR count). The first-order chi connectivity index (χ1) is 12.5. The molecule has 26 heavy (non-hydrogen) atoms. The van der Waals surface area contributed by atoms with Gasteiger partial charge in [-0.05, 0) is 38.1 Å². The number of aromatic nitrogens is 2. The van der Waals surface area contributed by atoms with Crippen molar-refractivity contribution in [3.63, 3.8) is 0 Å². The highest BCUT2D eigenvalue weighted by molar-refractivity contribution is 5.93. The molecular weight excluding hydrogens is 330 g/mol. The Morgan fingerprint density at radius 2 is 2.23 bits per heavy atom. The van der Waals surface area contributed by atoms with Crippen molar-refractivity contribution >= 4 is 22.6 Å². The van der Waals surface area contributed by atoms with Gasteiger partial charge in [-0.1, -0.05) is 0 Å². The summed E-state index contributed by atoms with van der Waals surface area (Å²) in [5.74, 6) is 1.60. The first kappa shape index (κ1) is 17.7. The van der Waals surface area contributed by atoms with Gasteiger partial charge in [0.2, 0.25) is 5.91 Å². The summed E-state index contributed by atoms with van der Waals surface area (Å²) in [4.78, 5) is 15.5. The van der Waals surface area contributed by atoms with Gasteiger partial charge >= 0.3 is 0 Å². The fourth-order valence-electron chi connectivity index (χ4n) is 2.99. The molecule has 0 atom stereocenters. The lowest BCUT2D eigenvalue weighted by molar-refractivity contribution is -0.114. The van der Waals surface area contributed by atoms with Crippen LogP contribution in [-0.2, 0) is 24.8 Å². The Morgan fingerprint density at radius 1 is 1.42 bits per heavy atom. The van der Waals surface area contributed by atoms with Crippen molar-refractivity contribution in [1.29, 1.82) is 5.26 Å². The van der Waals surface area contributed by atoms with Crippen molar-refractivity contribution in [2.75, 3.05) is 11.9 Å². The molecule has 1 amide bonds. The van der Waals surface area contributed by atoms with Gasteiger partial charge in [-0.15, -0.1) is 0 Å². The largest absolute Gasteiger partial charge is 0.461 e. The van der Waals surface area contributed by atoms with Gasteiger partial charge in [-0.2, -0.15) is 5.26 Å². The Hall–Kier alpha value is -3.11. The van der Waals surface area contributed by atoms with E-state index in [-0.39, 0.29) is 5.91 Å². The Balaban J connectivity index is 1.68. The lowest BCUT2D eigenvalue weighted by Crippen LogP contribution is -2.19. The maximum atomic E-state index is 11.3. The van der Waals surface area contributed by atoms with Gasteiger partial charge in [-0.3, -0.25) is 4.79 Å². The van der Waals surface area contributed by atoms with Crippen LogP contribution < -0.4 is 10.6 Å². The number of nitriles is 1. The number of amides is 1. The summed E-state index contributed by atoms with van der Waals surface area (Å²) < 4.78 is 7.60. The van der Waals surface area contributed by atoms with Crippen LogP contribution in [0.3, 0.4) is 0 Å². The monoisotopic (exact) mass is 351 g/mol. The molecule has 7 heteroatoms. The van der Waals surface area contributed by atoms with Gasteiger partial charge in [0, 0.05) is 30.6 Å². The second-order valence-corrected chi connectivity index (χ2v) is 6.19. The van der Waals surface area contributed by atoms with E-state index in [9.17, 15) is 4.79 Å². The number of anilines is 1. The molecule has 7 nitrogen and oxygen atoms in total. The SMILES string of the molecule is CC(=O)Nc1ccc2oc(C)c(CCNCc3ncc(C#N)n3C)c2c1. The molecule has 0 unspecified atom stereocenters. The van der Waals surface area contributed by atoms with Crippen molar-refractivity contribution < 1.29 is 9.21 Å². The van der Waals surface area contributed by atoms with E-state index >= 15 is 0 Å². The van der Waals surface area contributed by atoms with E-state index in [2.05, 4.69) is 21.7 Å². The number of furan rings is 1. The molecule has 0 aliphatic rings. The van der Waals surface area contributed by atoms with Crippen LogP contribution in [0.1, 0.15) is 29.8 Å². The predicted octanol–water partition coefficient (Wildman–Crippen LogP) is 2.64. The van der Waals surface area contributed by atoms with Crippen LogP contribution in [0.25, 0.3) is 11.0 Å². The highest BCUT2D eigenvalue weighted by atomic mass is 16.3. The number of carbonyl (C=O) groups excluding carboxylic acids is 1. The zero-order chi connectivity index (χ0) is 18.7. The summed E-state index contributed by atoms with van der Waals surface area (Å²) in [6, 6.07) is 7.76. The van der Waals surface area contributed by atoms with Crippen LogP contribution in [0.5, 0.6) is 0 Å². The Morgan fingerprint density at radius 3 is 2.92 bits per heavy atom. The zero-order valence-electron chi connectivity index (χ0n) is 15.1. The van der Waals surface area contributed by atoms with Gasteiger partial charge in [0.15, 0.2) is 0 Å². The van der Waals surface area contributed by atoms with E-state index in [0.29, 0.717) is 12.2 Å². The van der Waals surface area contributed by atoms with Crippen LogP contribution in [0.15, 0.2) is 28.8 Å². The molecule has 2 heterocycles. The van der Waals surface area contributed by atoms with E-state index in [1.54, 1.807) is 10.8 Å². The van der Waals surface area contributed by atoms with Crippen molar-refractivity contribution in [1.82, 2.24) is 14.9 Å². The molecule has 0 saturated carbocycles. The van der Waals surface area contributed by atoms with Crippen molar-refractivity contribution in [2.45, 2.75) is 26.8 Å². The number of fused-ring (bicyclic) bond motifs is 1. The van der Waals surface area contributed by atoms with Crippen LogP contribution in [0.2, 0.25) is 0 Å². The van der Waals surface area contributed by atoms with Crippen LogP contribution in [0, 0.1) is 18.3 Å². The first-order valence-corrected chi connectivity index (χ1v) is 8.40. The van der Waals surface area contributed by atoms with Crippen LogP contribution in [-0.4, -0.2) is 22.0 Å². The highest BCUT2D eigenvalue weighted by Gasteiger charge is 2.12. The third-order valence-corrected chi connectivity index (χ3v) is 4.35. The average Bonchev–Trinajstić information content (AvgIpc) is 3.10. The molecule has 0 aliphatic heterocycles. The fourth-order valence-corrected chi connectivity index (χ4v) is 2.99. The standard InChI is InChI=1S/C19H21N5O2/c1-12-16(6-7-21-11-19-22-10-15(9-20)24(19)3)17-8-14(23-13(2)25)4-5-18(17)26-12/h4-5,8,10,21H,6-7,11H2,1-3H3,(H,23,25). The van der Waals surface area contributed by atoms with E-state index in [0.717, 1.165) is 46.8 Å². The van der Waals surface area contributed by atoms with Gasteiger partial charge in [0.1, 0.15) is 28.9 Å². The molecule has 134 valence electrons. The summed E-state index contributed by atoms with van der Waals surface area (Å²) in [6.07, 6.45) is 2.37. The minimum absolute atomic E-state index is 0.0976. The molecule has 0 aliphatic carbocycles. The molecule has 2 N–H and O–H groups in total. The lowest BCUT2D eigenvalue weighted by Gasteiger charge is -2.06. The number of carbonyl (C=O) groups is 1. The van der Waals surface area contributed by atoms with Gasteiger partial charge in [0.05, 0.1) is 12.7 Å². The maximum Gasteiger partial charge on any atom is 0.221 e. The third kappa shape index (κ3) is 3.60. The molecule has 0 bridgehead atoms. The quantitative estimate of drug-likeness (QED) is 0.666. The van der Waals surface area contributed by atoms with E-state index in [1.807, 2.05) is 32.2 Å². The molecule has 1 aromatic carbocycles. The lowest BCUT2D eigenvalue weighted by atomic mass is 10.1. The first-order valence-electron chi connectivity index (χ1n) is 8.40. The highest BCUT2D eigenvalue weighted by Crippen LogP contribution is 2.28. The molecule has 0 radical (unpaired) electrons. The van der Waals surface area contributed by atoms with E-state index in [4.69, 9.17) is 9.68 Å². The topological polar surface area (TPSA) is 95.9 Å². The maximum absolute atomic E-state index is 11.3. The van der Waals surface area contributed by atoms with Crippen molar-refractivity contribution in [2.24, 2.45) is 7.05 Å². The summed E-state index contributed by atoms with van der Waals surface area (Å²) in [6.45, 7) is 4.77. The number of hydrogen-bond acceptors (Lipinski definition) is 5. The van der Waals surface area contributed by atoms with Crippen LogP contribution in [0.4, 0.5) is 5.69 Å². The summed E-state index contributed by atoms with van der Waals surface area (Å²) in [5.41, 5.74) is 3.24. The number of imidazole rings is 1. The van der Waals surface area contributed by atoms with Gasteiger partial charge in [-0.25, -0.2) is 4.98 Å². The summed E-state index contributed by atoms with van der Waals surface area (Å²) in [7, 11) is 1.83. The molecule has 0 fully saturated rings. The predicted molar refractivity (Wildman–Crippen MR) is 98.6 cm³/mol. The third-order valence-electron chi connectivity index (χ3n) is 4.35. The number of nitrogens with zero attached hydrogens (tertiary/aromatic N) is 3. The molecular formula is C19H21N5O2. The Labute approximate surface area is 151 Å². The average molecular weight is 351 g/mol. The number of nitrogens with one attached hydrogen (secondary N) is 2. The van der Waals surface area contributed by atoms with Crippen molar-refractivity contribution in [3.05, 3.63) is 47.2 Å². The summed E-state index contributed by atoms with van der Waals surface area (Å²) >= 11 is 0. The number of rotatable bonds is 6. The Bertz CT molecular complexity index is 993. The zero-order valence-corrected chi connectivity index (χ0v) is 15.1. The number of hydrogen-bond donors (Lipinski definition) is 2. The number of aryl methyl sites for hydroxylation is 1. The normalized spacial score (nSPS) is 10.8. The molecule has 3 aromatic rings. The molecule has 0 saturated heterocycles. The summed E-state index contributed by atoms with van der Waals surface area (Å²) in [5, 5.41) is 16.1. The Kier molecular flexibility index (Phi) is 5.05. The number of benzene rings is 1. The smallest absolute Gasteiger partial charge is 0.221 e. The van der Waals surface area contributed by atoms with E-state index in [1.165, 1.54) is 6.92 Å². The molecule has 2 aromatic heterocycles. The van der Waals surface area contributed by atoms with Crippen LogP contribution >= 0.6 is 0 Å². The second-order valence-electron chi connectivity index (χ2n) is 6.19. The fraction of sp³-hybridized carbons (Fsp3) is 0.316. The minimum atomic E-state index is -0.0976. The van der Waals surface area contributed by atoms with Crippen molar-refractivity contribution in [3.8, 4) is 6.07 Å². The molecule has 0 spiro atoms. The minimum Gasteiger partial charge on any atom is -0.461 e. The van der Waals surface area contributed by atoms with Gasteiger partial charge < -0.3 is 19.6 Å². The second kappa shape index (κ2) is 7.42.